The molecule has 112 valence electrons. The Hall–Kier alpha value is -2.30. The Labute approximate surface area is 123 Å². The molecule has 0 spiro atoms. The number of carbonyl (C=O) groups excluding carboxylic acids is 1. The molecule has 5 nitrogen and oxygen atoms in total. The number of aromatic nitrogens is 1. The van der Waals surface area contributed by atoms with E-state index in [2.05, 4.69) is 5.32 Å². The van der Waals surface area contributed by atoms with Crippen molar-refractivity contribution in [2.24, 2.45) is 5.92 Å². The summed E-state index contributed by atoms with van der Waals surface area (Å²) < 4.78 is 1.82. The first-order valence-corrected chi connectivity index (χ1v) is 7.09. The number of carboxylic acids is 1. The molecule has 21 heavy (non-hydrogen) atoms. The van der Waals surface area contributed by atoms with Crippen LogP contribution in [0.25, 0.3) is 10.9 Å². The van der Waals surface area contributed by atoms with Crippen LogP contribution in [0.1, 0.15) is 20.3 Å². The Balaban J connectivity index is 2.09. The number of benzene rings is 1. The molecule has 2 atom stereocenters. The van der Waals surface area contributed by atoms with Crippen molar-refractivity contribution in [1.29, 1.82) is 0 Å². The summed E-state index contributed by atoms with van der Waals surface area (Å²) >= 11 is 0. The highest BCUT2D eigenvalue weighted by atomic mass is 16.4. The van der Waals surface area contributed by atoms with Crippen molar-refractivity contribution < 1.29 is 14.7 Å². The molecule has 0 aliphatic rings. The van der Waals surface area contributed by atoms with Gasteiger partial charge in [-0.15, -0.1) is 0 Å². The number of nitrogens with one attached hydrogen (secondary N) is 1. The Morgan fingerprint density at radius 1 is 1.29 bits per heavy atom. The first kappa shape index (κ1) is 15.1. The predicted octanol–water partition coefficient (Wildman–Crippen LogP) is 2.26. The van der Waals surface area contributed by atoms with Crippen molar-refractivity contribution >= 4 is 22.8 Å². The topological polar surface area (TPSA) is 71.3 Å². The van der Waals surface area contributed by atoms with Crippen LogP contribution >= 0.6 is 0 Å². The van der Waals surface area contributed by atoms with Gasteiger partial charge < -0.3 is 15.0 Å². The lowest BCUT2D eigenvalue weighted by atomic mass is 9.99. The number of carboxylic acid groups (broad SMARTS) is 1. The molecular formula is C16H20N2O3. The Morgan fingerprint density at radius 2 is 2.00 bits per heavy atom. The second kappa shape index (κ2) is 6.43. The molecule has 0 saturated heterocycles. The third-order valence-corrected chi connectivity index (χ3v) is 3.79. The normalized spacial score (nSPS) is 13.8. The molecule has 0 unspecified atom stereocenters. The molecule has 2 aromatic rings. The van der Waals surface area contributed by atoms with Gasteiger partial charge in [0.1, 0.15) is 12.6 Å². The number of aliphatic carboxylic acids is 1. The first-order valence-electron chi connectivity index (χ1n) is 7.09. The molecule has 2 rings (SSSR count). The lowest BCUT2D eigenvalue weighted by molar-refractivity contribution is -0.143. The number of para-hydroxylation sites is 1. The standard InChI is InChI=1S/C16H20N2O3/c1-3-11(2)15(16(20)21)17-14(19)10-18-9-8-12-6-4-5-7-13(12)18/h4-9,11,15H,3,10H2,1-2H3,(H,17,19)(H,20,21)/t11-,15-/m1/s1. The van der Waals surface area contributed by atoms with Crippen LogP contribution in [-0.2, 0) is 16.1 Å². The molecule has 0 bridgehead atoms. The monoisotopic (exact) mass is 288 g/mol. The fourth-order valence-electron chi connectivity index (χ4n) is 2.34. The predicted molar refractivity (Wildman–Crippen MR) is 81.0 cm³/mol. The van der Waals surface area contributed by atoms with E-state index in [9.17, 15) is 14.7 Å². The third-order valence-electron chi connectivity index (χ3n) is 3.79. The maximum atomic E-state index is 12.1. The van der Waals surface area contributed by atoms with Crippen molar-refractivity contribution in [1.82, 2.24) is 9.88 Å². The summed E-state index contributed by atoms with van der Waals surface area (Å²) in [6.45, 7) is 3.85. The number of amides is 1. The van der Waals surface area contributed by atoms with Crippen LogP contribution in [0, 0.1) is 5.92 Å². The first-order chi connectivity index (χ1) is 10.0. The van der Waals surface area contributed by atoms with Gasteiger partial charge in [-0.25, -0.2) is 4.79 Å². The van der Waals surface area contributed by atoms with Gasteiger partial charge in [-0.2, -0.15) is 0 Å². The summed E-state index contributed by atoms with van der Waals surface area (Å²) in [4.78, 5) is 23.3. The molecule has 0 aliphatic heterocycles. The molecule has 1 aromatic carbocycles. The maximum Gasteiger partial charge on any atom is 0.326 e. The summed E-state index contributed by atoms with van der Waals surface area (Å²) in [5, 5.41) is 12.9. The SMILES string of the molecule is CC[C@@H](C)[C@@H](NC(=O)Cn1ccc2ccccc21)C(=O)O. The molecule has 1 aromatic heterocycles. The van der Waals surface area contributed by atoms with Crippen molar-refractivity contribution in [2.75, 3.05) is 0 Å². The van der Waals surface area contributed by atoms with E-state index in [0.717, 1.165) is 10.9 Å². The molecule has 0 fully saturated rings. The fraction of sp³-hybridized carbons (Fsp3) is 0.375. The van der Waals surface area contributed by atoms with Crippen molar-refractivity contribution in [3.8, 4) is 0 Å². The minimum Gasteiger partial charge on any atom is -0.480 e. The van der Waals surface area contributed by atoms with E-state index < -0.39 is 12.0 Å². The zero-order chi connectivity index (χ0) is 15.4. The van der Waals surface area contributed by atoms with Crippen molar-refractivity contribution in [3.63, 3.8) is 0 Å². The van der Waals surface area contributed by atoms with E-state index in [-0.39, 0.29) is 18.4 Å². The quantitative estimate of drug-likeness (QED) is 0.856. The highest BCUT2D eigenvalue weighted by Gasteiger charge is 2.25. The van der Waals surface area contributed by atoms with Gasteiger partial charge in [0.2, 0.25) is 5.91 Å². The van der Waals surface area contributed by atoms with E-state index in [1.807, 2.05) is 54.9 Å². The van der Waals surface area contributed by atoms with Crippen LogP contribution < -0.4 is 5.32 Å². The van der Waals surface area contributed by atoms with E-state index >= 15 is 0 Å². The van der Waals surface area contributed by atoms with E-state index in [1.165, 1.54) is 0 Å². The smallest absolute Gasteiger partial charge is 0.326 e. The van der Waals surface area contributed by atoms with Crippen LogP contribution in [0.5, 0.6) is 0 Å². The molecule has 2 N–H and O–H groups in total. The van der Waals surface area contributed by atoms with E-state index in [0.29, 0.717) is 6.42 Å². The number of carbonyl (C=O) groups is 2. The van der Waals surface area contributed by atoms with Gasteiger partial charge in [0.15, 0.2) is 0 Å². The highest BCUT2D eigenvalue weighted by Crippen LogP contribution is 2.15. The Bertz CT molecular complexity index is 648. The van der Waals surface area contributed by atoms with Crippen LogP contribution in [0.3, 0.4) is 0 Å². The van der Waals surface area contributed by atoms with Crippen LogP contribution in [-0.4, -0.2) is 27.6 Å². The van der Waals surface area contributed by atoms with Crippen molar-refractivity contribution in [2.45, 2.75) is 32.9 Å². The highest BCUT2D eigenvalue weighted by molar-refractivity contribution is 5.86. The summed E-state index contributed by atoms with van der Waals surface area (Å²) in [5.74, 6) is -1.38. The van der Waals surface area contributed by atoms with Gasteiger partial charge in [0.25, 0.3) is 0 Å². The molecule has 5 heteroatoms. The van der Waals surface area contributed by atoms with Crippen LogP contribution in [0.15, 0.2) is 36.5 Å². The van der Waals surface area contributed by atoms with Crippen LogP contribution in [0.2, 0.25) is 0 Å². The van der Waals surface area contributed by atoms with Gasteiger partial charge in [-0.05, 0) is 23.4 Å². The van der Waals surface area contributed by atoms with E-state index in [1.54, 1.807) is 0 Å². The maximum absolute atomic E-state index is 12.1. The summed E-state index contributed by atoms with van der Waals surface area (Å²) in [7, 11) is 0. The van der Waals surface area contributed by atoms with Gasteiger partial charge in [0.05, 0.1) is 0 Å². The van der Waals surface area contributed by atoms with Gasteiger partial charge in [-0.1, -0.05) is 38.5 Å². The summed E-state index contributed by atoms with van der Waals surface area (Å²) in [6.07, 6.45) is 2.53. The lowest BCUT2D eigenvalue weighted by Crippen LogP contribution is -2.46. The molecule has 0 radical (unpaired) electrons. The molecule has 0 saturated carbocycles. The average Bonchev–Trinajstić information content (AvgIpc) is 2.87. The number of rotatable bonds is 6. The largest absolute Gasteiger partial charge is 0.480 e. The summed E-state index contributed by atoms with van der Waals surface area (Å²) in [6, 6.07) is 8.86. The third kappa shape index (κ3) is 3.42. The van der Waals surface area contributed by atoms with Gasteiger partial charge in [-0.3, -0.25) is 4.79 Å². The number of fused-ring (bicyclic) bond motifs is 1. The average molecular weight is 288 g/mol. The van der Waals surface area contributed by atoms with E-state index in [4.69, 9.17) is 0 Å². The zero-order valence-corrected chi connectivity index (χ0v) is 12.2. The second-order valence-corrected chi connectivity index (χ2v) is 5.27. The number of hydrogen-bond donors (Lipinski definition) is 2. The second-order valence-electron chi connectivity index (χ2n) is 5.27. The summed E-state index contributed by atoms with van der Waals surface area (Å²) in [5.41, 5.74) is 0.961. The van der Waals surface area contributed by atoms with Gasteiger partial charge >= 0.3 is 5.97 Å². The molecule has 1 heterocycles. The lowest BCUT2D eigenvalue weighted by Gasteiger charge is -2.20. The zero-order valence-electron chi connectivity index (χ0n) is 12.2. The van der Waals surface area contributed by atoms with Crippen LogP contribution in [0.4, 0.5) is 0 Å². The van der Waals surface area contributed by atoms with Crippen molar-refractivity contribution in [3.05, 3.63) is 36.5 Å². The molecular weight excluding hydrogens is 268 g/mol. The molecule has 0 aliphatic carbocycles. The molecule has 1 amide bonds. The fourth-order valence-corrected chi connectivity index (χ4v) is 2.34. The minimum absolute atomic E-state index is 0.104. The Kier molecular flexibility index (Phi) is 4.62. The number of hydrogen-bond acceptors (Lipinski definition) is 2. The number of nitrogens with zero attached hydrogens (tertiary/aromatic N) is 1. The Morgan fingerprint density at radius 3 is 2.67 bits per heavy atom. The van der Waals surface area contributed by atoms with Gasteiger partial charge in [0, 0.05) is 11.7 Å². The minimum atomic E-state index is -0.991.